The van der Waals surface area contributed by atoms with Crippen LogP contribution in [-0.4, -0.2) is 22.7 Å². The Hall–Kier alpha value is -1.81. The van der Waals surface area contributed by atoms with E-state index in [-0.39, 0.29) is 5.91 Å². The van der Waals surface area contributed by atoms with Gasteiger partial charge >= 0.3 is 0 Å². The van der Waals surface area contributed by atoms with Crippen molar-refractivity contribution in [2.45, 2.75) is 30.4 Å². The largest absolute Gasteiger partial charge is 0.307 e. The number of nitrogens with zero attached hydrogens (tertiary/aromatic N) is 2. The van der Waals surface area contributed by atoms with Crippen molar-refractivity contribution in [3.8, 4) is 0 Å². The molecular formula is C17H18N2OS. The summed E-state index contributed by atoms with van der Waals surface area (Å²) in [6.45, 7) is 4.88. The maximum Gasteiger partial charge on any atom is 0.259 e. The van der Waals surface area contributed by atoms with E-state index in [1.165, 1.54) is 4.90 Å². The van der Waals surface area contributed by atoms with Crippen LogP contribution in [0.4, 0.5) is 5.69 Å². The lowest BCUT2D eigenvalue weighted by Gasteiger charge is -2.22. The van der Waals surface area contributed by atoms with Crippen LogP contribution >= 0.6 is 11.8 Å². The maximum atomic E-state index is 12.8. The molecule has 0 saturated heterocycles. The second-order valence-corrected chi connectivity index (χ2v) is 6.81. The number of amides is 1. The van der Waals surface area contributed by atoms with Crippen molar-refractivity contribution in [1.82, 2.24) is 4.98 Å². The molecule has 1 aliphatic heterocycles. The highest BCUT2D eigenvalue weighted by atomic mass is 32.2. The molecule has 3 rings (SSSR count). The smallest absolute Gasteiger partial charge is 0.259 e. The second kappa shape index (κ2) is 5.90. The molecule has 2 heterocycles. The number of fused-ring (bicyclic) bond motifs is 1. The molecule has 0 radical (unpaired) electrons. The van der Waals surface area contributed by atoms with E-state index in [4.69, 9.17) is 0 Å². The van der Waals surface area contributed by atoms with Gasteiger partial charge in [-0.1, -0.05) is 19.1 Å². The van der Waals surface area contributed by atoms with Gasteiger partial charge in [-0.25, -0.2) is 0 Å². The molecular weight excluding hydrogens is 280 g/mol. The van der Waals surface area contributed by atoms with Crippen molar-refractivity contribution in [1.29, 1.82) is 0 Å². The van der Waals surface area contributed by atoms with Crippen LogP contribution in [-0.2, 0) is 0 Å². The summed E-state index contributed by atoms with van der Waals surface area (Å²) in [5, 5.41) is 0.514. The van der Waals surface area contributed by atoms with Gasteiger partial charge in [0.1, 0.15) is 0 Å². The van der Waals surface area contributed by atoms with Crippen molar-refractivity contribution < 1.29 is 4.79 Å². The van der Waals surface area contributed by atoms with Crippen LogP contribution < -0.4 is 4.90 Å². The number of aromatic nitrogens is 1. The summed E-state index contributed by atoms with van der Waals surface area (Å²) in [4.78, 5) is 20.1. The third-order valence-corrected chi connectivity index (χ3v) is 4.88. The number of carbonyl (C=O) groups is 1. The molecule has 1 aromatic heterocycles. The number of hydrogen-bond acceptors (Lipinski definition) is 3. The Balaban J connectivity index is 1.97. The Kier molecular flexibility index (Phi) is 3.97. The Morgan fingerprint density at radius 1 is 1.29 bits per heavy atom. The van der Waals surface area contributed by atoms with Crippen LogP contribution in [0, 0.1) is 6.92 Å². The average Bonchev–Trinajstić information content (AvgIpc) is 2.65. The summed E-state index contributed by atoms with van der Waals surface area (Å²) in [5.41, 5.74) is 2.58. The van der Waals surface area contributed by atoms with E-state index in [1.807, 2.05) is 53.9 Å². The van der Waals surface area contributed by atoms with Gasteiger partial charge in [-0.05, 0) is 37.6 Å². The highest BCUT2D eigenvalue weighted by Crippen LogP contribution is 2.37. The minimum atomic E-state index is 0.0321. The Morgan fingerprint density at radius 2 is 2.10 bits per heavy atom. The fourth-order valence-corrected chi connectivity index (χ4v) is 3.56. The van der Waals surface area contributed by atoms with Crippen LogP contribution in [0.3, 0.4) is 0 Å². The first-order valence-corrected chi connectivity index (χ1v) is 8.03. The first kappa shape index (κ1) is 14.1. The molecule has 1 aromatic carbocycles. The predicted octanol–water partition coefficient (Wildman–Crippen LogP) is 3.92. The van der Waals surface area contributed by atoms with Gasteiger partial charge in [0.05, 0.1) is 11.3 Å². The molecule has 21 heavy (non-hydrogen) atoms. The summed E-state index contributed by atoms with van der Waals surface area (Å²) in [5.74, 6) is 0.0321. The molecule has 0 aliphatic carbocycles. The van der Waals surface area contributed by atoms with Gasteiger partial charge in [0.2, 0.25) is 0 Å². The van der Waals surface area contributed by atoms with Gasteiger partial charge in [0.15, 0.2) is 0 Å². The minimum Gasteiger partial charge on any atom is -0.307 e. The zero-order valence-corrected chi connectivity index (χ0v) is 13.1. The molecule has 0 saturated carbocycles. The maximum absolute atomic E-state index is 12.8. The third kappa shape index (κ3) is 2.95. The normalized spacial score (nSPS) is 18.0. The molecule has 2 aromatic rings. The molecule has 3 nitrogen and oxygen atoms in total. The number of carbonyl (C=O) groups excluding carboxylic acids is 1. The number of pyridine rings is 1. The standard InChI is InChI=1S/C17H18N2OS/c1-12-7-8-14(11-18-12)17(20)19-10-9-13(2)21-16-6-4-3-5-15(16)19/h3-8,11,13H,9-10H2,1-2H3/t13-/m0/s1. The zero-order chi connectivity index (χ0) is 14.8. The SMILES string of the molecule is Cc1ccc(C(=O)N2CC[C@H](C)Sc3ccccc32)cn1. The number of aryl methyl sites for hydroxylation is 1. The van der Waals surface area contributed by atoms with Crippen LogP contribution in [0.1, 0.15) is 29.4 Å². The molecule has 108 valence electrons. The van der Waals surface area contributed by atoms with E-state index in [0.717, 1.165) is 24.3 Å². The first-order valence-electron chi connectivity index (χ1n) is 7.15. The zero-order valence-electron chi connectivity index (χ0n) is 12.2. The predicted molar refractivity (Wildman–Crippen MR) is 87.0 cm³/mol. The molecule has 0 spiro atoms. The minimum absolute atomic E-state index is 0.0321. The molecule has 4 heteroatoms. The Morgan fingerprint density at radius 3 is 2.86 bits per heavy atom. The highest BCUT2D eigenvalue weighted by Gasteiger charge is 2.24. The van der Waals surface area contributed by atoms with E-state index >= 15 is 0 Å². The van der Waals surface area contributed by atoms with Crippen molar-refractivity contribution >= 4 is 23.4 Å². The summed E-state index contributed by atoms with van der Waals surface area (Å²) >= 11 is 1.84. The molecule has 0 unspecified atom stereocenters. The number of thioether (sulfide) groups is 1. The lowest BCUT2D eigenvalue weighted by Crippen LogP contribution is -2.32. The van der Waals surface area contributed by atoms with Gasteiger partial charge in [0.25, 0.3) is 5.91 Å². The van der Waals surface area contributed by atoms with Gasteiger partial charge in [-0.2, -0.15) is 0 Å². The summed E-state index contributed by atoms with van der Waals surface area (Å²) < 4.78 is 0. The van der Waals surface area contributed by atoms with Gasteiger partial charge in [-0.15, -0.1) is 11.8 Å². The van der Waals surface area contributed by atoms with Crippen LogP contribution in [0.5, 0.6) is 0 Å². The van der Waals surface area contributed by atoms with E-state index in [9.17, 15) is 4.79 Å². The summed E-state index contributed by atoms with van der Waals surface area (Å²) in [6, 6.07) is 11.9. The molecule has 1 amide bonds. The molecule has 0 bridgehead atoms. The van der Waals surface area contributed by atoms with E-state index in [2.05, 4.69) is 18.0 Å². The fourth-order valence-electron chi connectivity index (χ4n) is 2.45. The van der Waals surface area contributed by atoms with Crippen molar-refractivity contribution in [3.63, 3.8) is 0 Å². The van der Waals surface area contributed by atoms with Crippen molar-refractivity contribution in [3.05, 3.63) is 53.9 Å². The number of hydrogen-bond donors (Lipinski definition) is 0. The van der Waals surface area contributed by atoms with Gasteiger partial charge in [-0.3, -0.25) is 9.78 Å². The highest BCUT2D eigenvalue weighted by molar-refractivity contribution is 8.00. The number of benzene rings is 1. The Labute approximate surface area is 129 Å². The van der Waals surface area contributed by atoms with Gasteiger partial charge < -0.3 is 4.90 Å². The van der Waals surface area contributed by atoms with Crippen LogP contribution in [0.25, 0.3) is 0 Å². The van der Waals surface area contributed by atoms with E-state index in [0.29, 0.717) is 10.8 Å². The lowest BCUT2D eigenvalue weighted by molar-refractivity contribution is 0.0986. The molecule has 0 N–H and O–H groups in total. The van der Waals surface area contributed by atoms with E-state index < -0.39 is 0 Å². The number of rotatable bonds is 1. The van der Waals surface area contributed by atoms with Gasteiger partial charge in [0, 0.05) is 28.6 Å². The lowest BCUT2D eigenvalue weighted by atomic mass is 10.2. The topological polar surface area (TPSA) is 33.2 Å². The monoisotopic (exact) mass is 298 g/mol. The van der Waals surface area contributed by atoms with Crippen molar-refractivity contribution in [2.24, 2.45) is 0 Å². The molecule has 1 atom stereocenters. The first-order chi connectivity index (χ1) is 10.1. The van der Waals surface area contributed by atoms with Crippen molar-refractivity contribution in [2.75, 3.05) is 11.4 Å². The fraction of sp³-hybridized carbons (Fsp3) is 0.294. The quantitative estimate of drug-likeness (QED) is 0.800. The number of anilines is 1. The third-order valence-electron chi connectivity index (χ3n) is 3.65. The summed E-state index contributed by atoms with van der Waals surface area (Å²) in [6.07, 6.45) is 2.66. The Bertz CT molecular complexity index is 654. The van der Waals surface area contributed by atoms with Crippen LogP contribution in [0.2, 0.25) is 0 Å². The van der Waals surface area contributed by atoms with Crippen LogP contribution in [0.15, 0.2) is 47.5 Å². The number of para-hydroxylation sites is 1. The molecule has 1 aliphatic rings. The summed E-state index contributed by atoms with van der Waals surface area (Å²) in [7, 11) is 0. The second-order valence-electron chi connectivity index (χ2n) is 5.33. The van der Waals surface area contributed by atoms with E-state index in [1.54, 1.807) is 6.20 Å². The average molecular weight is 298 g/mol. The molecule has 0 fully saturated rings.